The summed E-state index contributed by atoms with van der Waals surface area (Å²) in [5, 5.41) is 4.70. The molecule has 1 atom stereocenters. The summed E-state index contributed by atoms with van der Waals surface area (Å²) in [6.45, 7) is 0. The molecule has 0 spiro atoms. The molecular weight excluding hydrogens is 267 g/mol. The second-order valence-corrected chi connectivity index (χ2v) is 4.91. The summed E-state index contributed by atoms with van der Waals surface area (Å²) in [4.78, 5) is 4.02. The number of nitrogens with zero attached hydrogens (tertiary/aromatic N) is 1. The van der Waals surface area contributed by atoms with Crippen molar-refractivity contribution in [2.75, 3.05) is 7.05 Å². The van der Waals surface area contributed by atoms with Crippen LogP contribution >= 0.6 is 23.2 Å². The molecule has 1 heterocycles. The molecule has 0 aliphatic carbocycles. The highest BCUT2D eigenvalue weighted by molar-refractivity contribution is 6.33. The van der Waals surface area contributed by atoms with Crippen LogP contribution in [0, 0.1) is 0 Å². The maximum atomic E-state index is 6.22. The van der Waals surface area contributed by atoms with Crippen molar-refractivity contribution >= 4 is 23.2 Å². The SMILES string of the molecule is CNC(Cc1ccncc1)c1cc(Cl)ccc1Cl. The van der Waals surface area contributed by atoms with E-state index in [-0.39, 0.29) is 6.04 Å². The lowest BCUT2D eigenvalue weighted by molar-refractivity contribution is 0.592. The molecule has 2 aromatic rings. The van der Waals surface area contributed by atoms with Crippen LogP contribution in [0.25, 0.3) is 0 Å². The third-order valence-corrected chi connectivity index (χ3v) is 3.45. The number of benzene rings is 1. The molecule has 0 saturated heterocycles. The first-order valence-corrected chi connectivity index (χ1v) is 6.47. The lowest BCUT2D eigenvalue weighted by atomic mass is 9.99. The minimum absolute atomic E-state index is 0.138. The summed E-state index contributed by atoms with van der Waals surface area (Å²) >= 11 is 12.2. The third-order valence-electron chi connectivity index (χ3n) is 2.87. The second kappa shape index (κ2) is 6.19. The summed E-state index contributed by atoms with van der Waals surface area (Å²) in [6, 6.07) is 9.68. The highest BCUT2D eigenvalue weighted by atomic mass is 35.5. The van der Waals surface area contributed by atoms with Crippen LogP contribution in [-0.2, 0) is 6.42 Å². The number of hydrogen-bond acceptors (Lipinski definition) is 2. The van der Waals surface area contributed by atoms with Gasteiger partial charge >= 0.3 is 0 Å². The van der Waals surface area contributed by atoms with E-state index in [4.69, 9.17) is 23.2 Å². The van der Waals surface area contributed by atoms with Crippen LogP contribution in [0.1, 0.15) is 17.2 Å². The molecule has 1 aromatic heterocycles. The van der Waals surface area contributed by atoms with E-state index < -0.39 is 0 Å². The van der Waals surface area contributed by atoms with Crippen LogP contribution in [0.5, 0.6) is 0 Å². The van der Waals surface area contributed by atoms with E-state index in [1.54, 1.807) is 18.5 Å². The lowest BCUT2D eigenvalue weighted by Crippen LogP contribution is -2.19. The maximum absolute atomic E-state index is 6.22. The number of hydrogen-bond donors (Lipinski definition) is 1. The number of nitrogens with one attached hydrogen (secondary N) is 1. The molecule has 0 amide bonds. The molecule has 2 rings (SSSR count). The van der Waals surface area contributed by atoms with Gasteiger partial charge in [-0.2, -0.15) is 0 Å². The highest BCUT2D eigenvalue weighted by Crippen LogP contribution is 2.28. The Hall–Kier alpha value is -1.09. The zero-order chi connectivity index (χ0) is 13.0. The standard InChI is InChI=1S/C14H14Cl2N2/c1-17-14(8-10-4-6-18-7-5-10)12-9-11(15)2-3-13(12)16/h2-7,9,14,17H,8H2,1H3. The van der Waals surface area contributed by atoms with Crippen molar-refractivity contribution in [3.8, 4) is 0 Å². The Labute approximate surface area is 117 Å². The Bertz CT molecular complexity index is 514. The molecule has 2 nitrogen and oxygen atoms in total. The Balaban J connectivity index is 2.26. The van der Waals surface area contributed by atoms with Gasteiger partial charge in [0.05, 0.1) is 0 Å². The summed E-state index contributed by atoms with van der Waals surface area (Å²) in [5.74, 6) is 0. The number of pyridine rings is 1. The average molecular weight is 281 g/mol. The van der Waals surface area contributed by atoms with Crippen molar-refractivity contribution in [1.29, 1.82) is 0 Å². The molecule has 0 bridgehead atoms. The molecule has 1 unspecified atom stereocenters. The fourth-order valence-electron chi connectivity index (χ4n) is 1.90. The summed E-state index contributed by atoms with van der Waals surface area (Å²) in [5.41, 5.74) is 2.23. The Morgan fingerprint density at radius 3 is 2.56 bits per heavy atom. The van der Waals surface area contributed by atoms with E-state index in [9.17, 15) is 0 Å². The predicted molar refractivity (Wildman–Crippen MR) is 76.2 cm³/mol. The molecule has 0 fully saturated rings. The molecule has 0 aliphatic heterocycles. The average Bonchev–Trinajstić information content (AvgIpc) is 2.40. The Morgan fingerprint density at radius 1 is 1.17 bits per heavy atom. The van der Waals surface area contributed by atoms with Gasteiger partial charge in [-0.3, -0.25) is 4.98 Å². The second-order valence-electron chi connectivity index (χ2n) is 4.07. The zero-order valence-corrected chi connectivity index (χ0v) is 11.5. The smallest absolute Gasteiger partial charge is 0.0454 e. The molecule has 1 N–H and O–H groups in total. The minimum atomic E-state index is 0.138. The summed E-state index contributed by atoms with van der Waals surface area (Å²) < 4.78 is 0. The van der Waals surface area contributed by atoms with Crippen LogP contribution in [-0.4, -0.2) is 12.0 Å². The van der Waals surface area contributed by atoms with E-state index in [0.717, 1.165) is 17.0 Å². The quantitative estimate of drug-likeness (QED) is 0.919. The van der Waals surface area contributed by atoms with Crippen LogP contribution in [0.4, 0.5) is 0 Å². The van der Waals surface area contributed by atoms with E-state index in [1.165, 1.54) is 5.56 Å². The normalized spacial score (nSPS) is 12.4. The lowest BCUT2D eigenvalue weighted by Gasteiger charge is -2.18. The van der Waals surface area contributed by atoms with Crippen molar-refractivity contribution in [2.24, 2.45) is 0 Å². The van der Waals surface area contributed by atoms with Crippen molar-refractivity contribution in [1.82, 2.24) is 10.3 Å². The monoisotopic (exact) mass is 280 g/mol. The van der Waals surface area contributed by atoms with Crippen LogP contribution in [0.2, 0.25) is 10.0 Å². The van der Waals surface area contributed by atoms with Crippen LogP contribution < -0.4 is 5.32 Å². The minimum Gasteiger partial charge on any atom is -0.313 e. The van der Waals surface area contributed by atoms with Gasteiger partial charge in [-0.25, -0.2) is 0 Å². The molecule has 1 aromatic carbocycles. The van der Waals surface area contributed by atoms with Gasteiger partial charge < -0.3 is 5.32 Å². The first-order valence-electron chi connectivity index (χ1n) is 5.72. The molecule has 0 saturated carbocycles. The van der Waals surface area contributed by atoms with E-state index in [1.807, 2.05) is 31.3 Å². The highest BCUT2D eigenvalue weighted by Gasteiger charge is 2.14. The van der Waals surface area contributed by atoms with E-state index in [0.29, 0.717) is 5.02 Å². The molecule has 94 valence electrons. The first kappa shape index (κ1) is 13.3. The van der Waals surface area contributed by atoms with Gasteiger partial charge in [0.1, 0.15) is 0 Å². The Kier molecular flexibility index (Phi) is 4.59. The molecule has 18 heavy (non-hydrogen) atoms. The third kappa shape index (κ3) is 3.22. The van der Waals surface area contributed by atoms with Gasteiger partial charge in [-0.05, 0) is 54.9 Å². The summed E-state index contributed by atoms with van der Waals surface area (Å²) in [7, 11) is 1.92. The largest absolute Gasteiger partial charge is 0.313 e. The number of rotatable bonds is 4. The fourth-order valence-corrected chi connectivity index (χ4v) is 2.33. The van der Waals surface area contributed by atoms with E-state index in [2.05, 4.69) is 10.3 Å². The van der Waals surface area contributed by atoms with Gasteiger partial charge in [0.25, 0.3) is 0 Å². The van der Waals surface area contributed by atoms with Gasteiger partial charge in [0, 0.05) is 28.5 Å². The molecule has 0 radical (unpaired) electrons. The van der Waals surface area contributed by atoms with Crippen LogP contribution in [0.3, 0.4) is 0 Å². The van der Waals surface area contributed by atoms with E-state index >= 15 is 0 Å². The van der Waals surface area contributed by atoms with Gasteiger partial charge in [-0.1, -0.05) is 23.2 Å². The molecular formula is C14H14Cl2N2. The predicted octanol–water partition coefficient (Wildman–Crippen LogP) is 3.89. The molecule has 4 heteroatoms. The maximum Gasteiger partial charge on any atom is 0.0454 e. The zero-order valence-electron chi connectivity index (χ0n) is 10.0. The van der Waals surface area contributed by atoms with Crippen molar-refractivity contribution in [2.45, 2.75) is 12.5 Å². The van der Waals surface area contributed by atoms with Crippen LogP contribution in [0.15, 0.2) is 42.7 Å². The van der Waals surface area contributed by atoms with Crippen molar-refractivity contribution in [3.63, 3.8) is 0 Å². The Morgan fingerprint density at radius 2 is 1.89 bits per heavy atom. The number of likely N-dealkylation sites (N-methyl/N-ethyl adjacent to an activating group) is 1. The molecule has 0 aliphatic rings. The van der Waals surface area contributed by atoms with Crippen molar-refractivity contribution < 1.29 is 0 Å². The van der Waals surface area contributed by atoms with Crippen molar-refractivity contribution in [3.05, 3.63) is 63.9 Å². The van der Waals surface area contributed by atoms with Gasteiger partial charge in [0.15, 0.2) is 0 Å². The topological polar surface area (TPSA) is 24.9 Å². The first-order chi connectivity index (χ1) is 8.70. The summed E-state index contributed by atoms with van der Waals surface area (Å²) in [6.07, 6.45) is 4.43. The fraction of sp³-hybridized carbons (Fsp3) is 0.214. The van der Waals surface area contributed by atoms with Gasteiger partial charge in [-0.15, -0.1) is 0 Å². The number of halogens is 2. The van der Waals surface area contributed by atoms with Gasteiger partial charge in [0.2, 0.25) is 0 Å². The number of aromatic nitrogens is 1.